The number of nitrogens with two attached hydrogens (primary N) is 1. The van der Waals surface area contributed by atoms with Crippen molar-refractivity contribution in [3.63, 3.8) is 0 Å². The number of nitrogen functional groups attached to an aromatic ring is 1. The van der Waals surface area contributed by atoms with Gasteiger partial charge in [-0.15, -0.1) is 0 Å². The second kappa shape index (κ2) is 7.06. The van der Waals surface area contributed by atoms with Crippen molar-refractivity contribution < 1.29 is 4.92 Å². The Labute approximate surface area is 144 Å². The number of non-ortho nitro benzene ring substituents is 1. The van der Waals surface area contributed by atoms with Crippen LogP contribution in [0.2, 0.25) is 10.0 Å². The Morgan fingerprint density at radius 2 is 1.87 bits per heavy atom. The molecule has 7 heteroatoms. The quantitative estimate of drug-likeness (QED) is 0.445. The summed E-state index contributed by atoms with van der Waals surface area (Å²) in [5.41, 5.74) is 7.81. The van der Waals surface area contributed by atoms with Gasteiger partial charge >= 0.3 is 0 Å². The van der Waals surface area contributed by atoms with Gasteiger partial charge in [-0.2, -0.15) is 0 Å². The number of benzene rings is 2. The van der Waals surface area contributed by atoms with Crippen LogP contribution >= 0.6 is 23.2 Å². The highest BCUT2D eigenvalue weighted by atomic mass is 35.5. The third-order valence-corrected chi connectivity index (χ3v) is 4.39. The minimum absolute atomic E-state index is 0.0115. The molecule has 0 fully saturated rings. The fraction of sp³-hybridized carbons (Fsp3) is 0.250. The highest BCUT2D eigenvalue weighted by molar-refractivity contribution is 6.35. The Morgan fingerprint density at radius 3 is 2.43 bits per heavy atom. The first-order chi connectivity index (χ1) is 10.8. The number of nitro groups is 1. The van der Waals surface area contributed by atoms with E-state index in [4.69, 9.17) is 28.9 Å². The van der Waals surface area contributed by atoms with Crippen LogP contribution in [0.1, 0.15) is 25.3 Å². The van der Waals surface area contributed by atoms with E-state index >= 15 is 0 Å². The van der Waals surface area contributed by atoms with E-state index in [1.165, 1.54) is 12.1 Å². The molecule has 0 radical (unpaired) electrons. The van der Waals surface area contributed by atoms with Gasteiger partial charge in [-0.05, 0) is 30.7 Å². The molecule has 5 nitrogen and oxygen atoms in total. The van der Waals surface area contributed by atoms with E-state index in [1.807, 2.05) is 19.9 Å². The summed E-state index contributed by atoms with van der Waals surface area (Å²) < 4.78 is 0. The zero-order chi connectivity index (χ0) is 17.1. The van der Waals surface area contributed by atoms with Gasteiger partial charge in [0.1, 0.15) is 0 Å². The molecule has 122 valence electrons. The first-order valence-electron chi connectivity index (χ1n) is 7.05. The van der Waals surface area contributed by atoms with Crippen molar-refractivity contribution in [3.05, 3.63) is 62.1 Å². The summed E-state index contributed by atoms with van der Waals surface area (Å²) in [6, 6.07) is 9.79. The molecule has 23 heavy (non-hydrogen) atoms. The predicted molar refractivity (Wildman–Crippen MR) is 95.5 cm³/mol. The van der Waals surface area contributed by atoms with Crippen LogP contribution in [0, 0.1) is 10.1 Å². The van der Waals surface area contributed by atoms with Gasteiger partial charge in [-0.3, -0.25) is 10.1 Å². The second-order valence-electron chi connectivity index (χ2n) is 5.42. The van der Waals surface area contributed by atoms with Gasteiger partial charge in [-0.1, -0.05) is 36.2 Å². The monoisotopic (exact) mass is 353 g/mol. The van der Waals surface area contributed by atoms with Crippen LogP contribution in [0.4, 0.5) is 17.1 Å². The maximum Gasteiger partial charge on any atom is 0.271 e. The average Bonchev–Trinajstić information content (AvgIpc) is 2.48. The largest absolute Gasteiger partial charge is 0.397 e. The number of rotatable bonds is 5. The number of anilines is 2. The Bertz CT molecular complexity index is 737. The van der Waals surface area contributed by atoms with E-state index in [-0.39, 0.29) is 17.6 Å². The topological polar surface area (TPSA) is 81.2 Å². The van der Waals surface area contributed by atoms with Crippen molar-refractivity contribution in [2.75, 3.05) is 11.1 Å². The molecule has 0 heterocycles. The van der Waals surface area contributed by atoms with Gasteiger partial charge in [0, 0.05) is 34.1 Å². The Hall–Kier alpha value is -1.98. The number of nitrogens with zero attached hydrogens (tertiary/aromatic N) is 1. The van der Waals surface area contributed by atoms with Gasteiger partial charge in [-0.25, -0.2) is 0 Å². The van der Waals surface area contributed by atoms with Gasteiger partial charge in [0.2, 0.25) is 0 Å². The van der Waals surface area contributed by atoms with Crippen molar-refractivity contribution in [3.8, 4) is 0 Å². The van der Waals surface area contributed by atoms with Crippen LogP contribution in [-0.2, 0) is 0 Å². The average molecular weight is 354 g/mol. The summed E-state index contributed by atoms with van der Waals surface area (Å²) in [5, 5.41) is 15.2. The fourth-order valence-corrected chi connectivity index (χ4v) is 2.89. The SMILES string of the molecule is CC(Nc1ccc([N+](=O)[O-])cc1N)C(C)c1ccc(Cl)cc1Cl. The van der Waals surface area contributed by atoms with Crippen molar-refractivity contribution >= 4 is 40.3 Å². The molecule has 2 aromatic rings. The molecule has 0 spiro atoms. The third kappa shape index (κ3) is 4.06. The summed E-state index contributed by atoms with van der Waals surface area (Å²) in [7, 11) is 0. The third-order valence-electron chi connectivity index (χ3n) is 3.83. The van der Waals surface area contributed by atoms with Crippen LogP contribution in [0.15, 0.2) is 36.4 Å². The lowest BCUT2D eigenvalue weighted by Gasteiger charge is -2.24. The number of hydrogen-bond acceptors (Lipinski definition) is 4. The van der Waals surface area contributed by atoms with Crippen molar-refractivity contribution in [1.82, 2.24) is 0 Å². The molecule has 2 atom stereocenters. The van der Waals surface area contributed by atoms with Crippen molar-refractivity contribution in [1.29, 1.82) is 0 Å². The zero-order valence-corrected chi connectivity index (χ0v) is 14.2. The highest BCUT2D eigenvalue weighted by Gasteiger charge is 2.18. The predicted octanol–water partition coefficient (Wildman–Crippen LogP) is 5.09. The molecule has 3 N–H and O–H groups in total. The molecule has 2 unspecified atom stereocenters. The molecule has 0 amide bonds. The lowest BCUT2D eigenvalue weighted by Crippen LogP contribution is -2.23. The maximum absolute atomic E-state index is 10.7. The van der Waals surface area contributed by atoms with E-state index in [0.717, 1.165) is 5.56 Å². The van der Waals surface area contributed by atoms with Crippen LogP contribution in [0.3, 0.4) is 0 Å². The Kier molecular flexibility index (Phi) is 5.34. The van der Waals surface area contributed by atoms with Gasteiger partial charge in [0.05, 0.1) is 16.3 Å². The van der Waals surface area contributed by atoms with Crippen LogP contribution < -0.4 is 11.1 Å². The number of halogens is 2. The normalized spacial score (nSPS) is 13.4. The smallest absolute Gasteiger partial charge is 0.271 e. The summed E-state index contributed by atoms with van der Waals surface area (Å²) in [6.07, 6.45) is 0. The lowest BCUT2D eigenvalue weighted by molar-refractivity contribution is -0.384. The molecule has 0 aliphatic heterocycles. The molecule has 0 aromatic heterocycles. The van der Waals surface area contributed by atoms with Crippen molar-refractivity contribution in [2.45, 2.75) is 25.8 Å². The van der Waals surface area contributed by atoms with E-state index in [0.29, 0.717) is 21.4 Å². The van der Waals surface area contributed by atoms with Gasteiger partial charge < -0.3 is 11.1 Å². The molecule has 0 bridgehead atoms. The van der Waals surface area contributed by atoms with E-state index in [1.54, 1.807) is 18.2 Å². The van der Waals surface area contributed by atoms with E-state index in [2.05, 4.69) is 5.32 Å². The fourth-order valence-electron chi connectivity index (χ4n) is 2.31. The first kappa shape index (κ1) is 17.4. The van der Waals surface area contributed by atoms with E-state index < -0.39 is 4.92 Å². The summed E-state index contributed by atoms with van der Waals surface area (Å²) in [4.78, 5) is 10.3. The van der Waals surface area contributed by atoms with Crippen LogP contribution in [-0.4, -0.2) is 11.0 Å². The minimum Gasteiger partial charge on any atom is -0.397 e. The van der Waals surface area contributed by atoms with E-state index in [9.17, 15) is 10.1 Å². The molecule has 2 aromatic carbocycles. The molecule has 0 saturated carbocycles. The van der Waals surface area contributed by atoms with Crippen LogP contribution in [0.25, 0.3) is 0 Å². The van der Waals surface area contributed by atoms with Crippen LogP contribution in [0.5, 0.6) is 0 Å². The molecular formula is C16H17Cl2N3O2. The summed E-state index contributed by atoms with van der Waals surface area (Å²) >= 11 is 12.2. The number of hydrogen-bond donors (Lipinski definition) is 2. The zero-order valence-electron chi connectivity index (χ0n) is 12.7. The van der Waals surface area contributed by atoms with Gasteiger partial charge in [0.25, 0.3) is 5.69 Å². The number of nitrogens with one attached hydrogen (secondary N) is 1. The first-order valence-corrected chi connectivity index (χ1v) is 7.80. The Balaban J connectivity index is 2.18. The Morgan fingerprint density at radius 1 is 1.17 bits per heavy atom. The van der Waals surface area contributed by atoms with Crippen molar-refractivity contribution in [2.24, 2.45) is 0 Å². The standard InChI is InChI=1S/C16H17Cl2N3O2/c1-9(13-5-3-11(17)7-14(13)18)10(2)20-16-6-4-12(21(22)23)8-15(16)19/h3-10,20H,19H2,1-2H3. The summed E-state index contributed by atoms with van der Waals surface area (Å²) in [6.45, 7) is 4.03. The summed E-state index contributed by atoms with van der Waals surface area (Å²) in [5.74, 6) is 0.0920. The molecular weight excluding hydrogens is 337 g/mol. The molecule has 0 aliphatic rings. The minimum atomic E-state index is -0.473. The van der Waals surface area contributed by atoms with Gasteiger partial charge in [0.15, 0.2) is 0 Å². The second-order valence-corrected chi connectivity index (χ2v) is 6.26. The molecule has 0 aliphatic carbocycles. The molecule has 0 saturated heterocycles. The maximum atomic E-state index is 10.7. The lowest BCUT2D eigenvalue weighted by atomic mass is 9.94. The highest BCUT2D eigenvalue weighted by Crippen LogP contribution is 2.32. The number of nitro benzene ring substituents is 1. The molecule has 2 rings (SSSR count).